The quantitative estimate of drug-likeness (QED) is 0.779. The average Bonchev–Trinajstić information content (AvgIpc) is 2.54. The molecule has 0 aliphatic heterocycles. The maximum Gasteiger partial charge on any atom is 0.416 e. The molecule has 1 atom stereocenters. The molecule has 2 rings (SSSR count). The lowest BCUT2D eigenvalue weighted by Crippen LogP contribution is -2.26. The lowest BCUT2D eigenvalue weighted by molar-refractivity contribution is -0.137. The zero-order valence-electron chi connectivity index (χ0n) is 13.0. The van der Waals surface area contributed by atoms with E-state index < -0.39 is 30.3 Å². The highest BCUT2D eigenvalue weighted by Crippen LogP contribution is 2.29. The van der Waals surface area contributed by atoms with Crippen LogP contribution in [0.15, 0.2) is 48.5 Å². The monoisotopic (exact) mass is 359 g/mol. The van der Waals surface area contributed by atoms with E-state index in [0.717, 1.165) is 24.3 Å². The Labute approximate surface area is 140 Å². The molecule has 134 valence electrons. The SMILES string of the molecule is CC(NC(=O)c1ccc(C(F)(F)F)cc1)c1ccc(OC(F)F)cc1. The topological polar surface area (TPSA) is 38.3 Å². The van der Waals surface area contributed by atoms with Crippen LogP contribution < -0.4 is 10.1 Å². The Hall–Kier alpha value is -2.64. The van der Waals surface area contributed by atoms with E-state index in [1.54, 1.807) is 6.92 Å². The molecule has 0 bridgehead atoms. The van der Waals surface area contributed by atoms with Crippen LogP contribution in [0.2, 0.25) is 0 Å². The summed E-state index contributed by atoms with van der Waals surface area (Å²) >= 11 is 0. The zero-order chi connectivity index (χ0) is 18.6. The van der Waals surface area contributed by atoms with E-state index in [4.69, 9.17) is 0 Å². The molecule has 0 saturated heterocycles. The smallest absolute Gasteiger partial charge is 0.416 e. The number of alkyl halides is 5. The van der Waals surface area contributed by atoms with Crippen molar-refractivity contribution in [2.45, 2.75) is 25.8 Å². The fraction of sp³-hybridized carbons (Fsp3) is 0.235. The molecule has 0 fully saturated rings. The molecule has 0 aliphatic rings. The van der Waals surface area contributed by atoms with Crippen molar-refractivity contribution in [2.75, 3.05) is 0 Å². The maximum atomic E-state index is 12.5. The zero-order valence-corrected chi connectivity index (χ0v) is 13.0. The van der Waals surface area contributed by atoms with Crippen LogP contribution in [0, 0.1) is 0 Å². The highest BCUT2D eigenvalue weighted by Gasteiger charge is 2.30. The van der Waals surface area contributed by atoms with Crippen molar-refractivity contribution in [1.82, 2.24) is 5.32 Å². The summed E-state index contributed by atoms with van der Waals surface area (Å²) in [7, 11) is 0. The first-order chi connectivity index (χ1) is 11.7. The van der Waals surface area contributed by atoms with Gasteiger partial charge in [0, 0.05) is 5.56 Å². The van der Waals surface area contributed by atoms with Gasteiger partial charge in [0.15, 0.2) is 0 Å². The van der Waals surface area contributed by atoms with Crippen LogP contribution in [0.25, 0.3) is 0 Å². The summed E-state index contributed by atoms with van der Waals surface area (Å²) in [5, 5.41) is 2.62. The molecule has 25 heavy (non-hydrogen) atoms. The van der Waals surface area contributed by atoms with Crippen LogP contribution in [0.1, 0.15) is 34.5 Å². The molecule has 0 saturated carbocycles. The molecule has 1 amide bonds. The molecule has 0 aliphatic carbocycles. The summed E-state index contributed by atoms with van der Waals surface area (Å²) in [6, 6.07) is 9.05. The molecule has 2 aromatic carbocycles. The summed E-state index contributed by atoms with van der Waals surface area (Å²) in [6.07, 6.45) is -4.47. The minimum atomic E-state index is -4.47. The van der Waals surface area contributed by atoms with Crippen molar-refractivity contribution in [3.8, 4) is 5.75 Å². The molecule has 1 unspecified atom stereocenters. The predicted octanol–water partition coefficient (Wildman–Crippen LogP) is 4.80. The van der Waals surface area contributed by atoms with Crippen LogP contribution in [0.3, 0.4) is 0 Å². The second-order valence-electron chi connectivity index (χ2n) is 5.22. The van der Waals surface area contributed by atoms with Crippen molar-refractivity contribution in [1.29, 1.82) is 0 Å². The molecular weight excluding hydrogens is 345 g/mol. The number of rotatable bonds is 5. The number of benzene rings is 2. The fourth-order valence-electron chi connectivity index (χ4n) is 2.11. The first-order valence-electron chi connectivity index (χ1n) is 7.19. The Morgan fingerprint density at radius 2 is 1.56 bits per heavy atom. The molecular formula is C17H14F5NO2. The molecule has 0 radical (unpaired) electrons. The Morgan fingerprint density at radius 1 is 1.00 bits per heavy atom. The van der Waals surface area contributed by atoms with Gasteiger partial charge in [0.25, 0.3) is 5.91 Å². The van der Waals surface area contributed by atoms with Gasteiger partial charge in [0.05, 0.1) is 11.6 Å². The lowest BCUT2D eigenvalue weighted by atomic mass is 10.1. The number of ether oxygens (including phenoxy) is 1. The maximum absolute atomic E-state index is 12.5. The Bertz CT molecular complexity index is 711. The van der Waals surface area contributed by atoms with Crippen LogP contribution in [-0.4, -0.2) is 12.5 Å². The van der Waals surface area contributed by atoms with Crippen LogP contribution in [-0.2, 0) is 6.18 Å². The van der Waals surface area contributed by atoms with E-state index in [1.165, 1.54) is 24.3 Å². The van der Waals surface area contributed by atoms with E-state index in [9.17, 15) is 26.7 Å². The third-order valence-corrected chi connectivity index (χ3v) is 3.43. The van der Waals surface area contributed by atoms with Crippen LogP contribution >= 0.6 is 0 Å². The van der Waals surface area contributed by atoms with Gasteiger partial charge < -0.3 is 10.1 Å². The van der Waals surface area contributed by atoms with Gasteiger partial charge >= 0.3 is 12.8 Å². The van der Waals surface area contributed by atoms with Crippen molar-refractivity contribution in [2.24, 2.45) is 0 Å². The minimum absolute atomic E-state index is 0.0139. The standard InChI is InChI=1S/C17H14F5NO2/c1-10(11-4-8-14(9-5-11)25-16(18)19)23-15(24)12-2-6-13(7-3-12)17(20,21)22/h2-10,16H,1H3,(H,23,24). The van der Waals surface area contributed by atoms with Gasteiger partial charge in [-0.2, -0.15) is 22.0 Å². The molecule has 0 spiro atoms. The molecule has 2 aromatic rings. The third kappa shape index (κ3) is 5.17. The first-order valence-corrected chi connectivity index (χ1v) is 7.19. The van der Waals surface area contributed by atoms with Crippen LogP contribution in [0.5, 0.6) is 5.75 Å². The Balaban J connectivity index is 2.02. The van der Waals surface area contributed by atoms with Crippen molar-refractivity contribution >= 4 is 5.91 Å². The molecule has 1 N–H and O–H groups in total. The summed E-state index contributed by atoms with van der Waals surface area (Å²) in [6.45, 7) is -1.27. The number of halogens is 5. The normalized spacial score (nSPS) is 12.8. The van der Waals surface area contributed by atoms with Crippen molar-refractivity contribution in [3.63, 3.8) is 0 Å². The van der Waals surface area contributed by atoms with Crippen LogP contribution in [0.4, 0.5) is 22.0 Å². The first kappa shape index (κ1) is 18.7. The van der Waals surface area contributed by atoms with Crippen molar-refractivity contribution in [3.05, 3.63) is 65.2 Å². The molecule has 3 nitrogen and oxygen atoms in total. The average molecular weight is 359 g/mol. The number of nitrogens with one attached hydrogen (secondary N) is 1. The Morgan fingerprint density at radius 3 is 2.04 bits per heavy atom. The van der Waals surface area contributed by atoms with E-state index >= 15 is 0 Å². The van der Waals surface area contributed by atoms with E-state index in [0.29, 0.717) is 5.56 Å². The lowest BCUT2D eigenvalue weighted by Gasteiger charge is -2.15. The summed E-state index contributed by atoms with van der Waals surface area (Å²) in [4.78, 5) is 12.1. The van der Waals surface area contributed by atoms with Gasteiger partial charge in [0.1, 0.15) is 5.75 Å². The van der Waals surface area contributed by atoms with Crippen molar-refractivity contribution < 1.29 is 31.5 Å². The number of carbonyl (C=O) groups excluding carboxylic acids is 1. The largest absolute Gasteiger partial charge is 0.435 e. The Kier molecular flexibility index (Phi) is 5.61. The highest BCUT2D eigenvalue weighted by molar-refractivity contribution is 5.94. The van der Waals surface area contributed by atoms with E-state index in [2.05, 4.69) is 10.1 Å². The summed E-state index contributed by atoms with van der Waals surface area (Å²) in [5.41, 5.74) is -0.133. The minimum Gasteiger partial charge on any atom is -0.435 e. The number of hydrogen-bond donors (Lipinski definition) is 1. The highest BCUT2D eigenvalue weighted by atomic mass is 19.4. The second-order valence-corrected chi connectivity index (χ2v) is 5.22. The number of hydrogen-bond acceptors (Lipinski definition) is 2. The summed E-state index contributed by atoms with van der Waals surface area (Å²) < 4.78 is 65.9. The number of carbonyl (C=O) groups is 1. The van der Waals surface area contributed by atoms with E-state index in [1.807, 2.05) is 0 Å². The van der Waals surface area contributed by atoms with Gasteiger partial charge in [-0.05, 0) is 48.9 Å². The van der Waals surface area contributed by atoms with E-state index in [-0.39, 0.29) is 11.3 Å². The fourth-order valence-corrected chi connectivity index (χ4v) is 2.11. The summed E-state index contributed by atoms with van der Waals surface area (Å²) in [5.74, 6) is -0.561. The number of amides is 1. The van der Waals surface area contributed by atoms with Gasteiger partial charge in [-0.15, -0.1) is 0 Å². The molecule has 8 heteroatoms. The third-order valence-electron chi connectivity index (χ3n) is 3.43. The molecule has 0 aromatic heterocycles. The van der Waals surface area contributed by atoms with Gasteiger partial charge in [-0.3, -0.25) is 4.79 Å². The van der Waals surface area contributed by atoms with Gasteiger partial charge in [-0.25, -0.2) is 0 Å². The predicted molar refractivity (Wildman–Crippen MR) is 80.4 cm³/mol. The van der Waals surface area contributed by atoms with Gasteiger partial charge in [0.2, 0.25) is 0 Å². The second kappa shape index (κ2) is 7.50. The molecule has 0 heterocycles. The van der Waals surface area contributed by atoms with Gasteiger partial charge in [-0.1, -0.05) is 12.1 Å².